The van der Waals surface area contributed by atoms with Crippen LogP contribution in [0.15, 0.2) is 84.0 Å². The van der Waals surface area contributed by atoms with Gasteiger partial charge in [-0.2, -0.15) is 0 Å². The second-order valence-electron chi connectivity index (χ2n) is 8.26. The molecule has 1 aliphatic rings. The van der Waals surface area contributed by atoms with Crippen LogP contribution in [0.4, 0.5) is 0 Å². The number of oxime groups is 1. The molecule has 0 aromatic heterocycles. The van der Waals surface area contributed by atoms with E-state index in [1.54, 1.807) is 7.11 Å². The third-order valence-corrected chi connectivity index (χ3v) is 5.99. The van der Waals surface area contributed by atoms with Gasteiger partial charge in [0.25, 0.3) is 0 Å². The number of rotatable bonds is 11. The Hall–Kier alpha value is -3.06. The number of hydrogen-bond donors (Lipinski definition) is 1. The topological polar surface area (TPSA) is 63.5 Å². The molecule has 0 radical (unpaired) electrons. The van der Waals surface area contributed by atoms with Crippen LogP contribution in [-0.4, -0.2) is 54.7 Å². The molecule has 7 heteroatoms. The Balaban J connectivity index is 1.38. The third kappa shape index (κ3) is 6.73. The average molecular weight is 481 g/mol. The van der Waals surface area contributed by atoms with Gasteiger partial charge in [0.2, 0.25) is 0 Å². The highest BCUT2D eigenvalue weighted by Gasteiger charge is 2.26. The lowest BCUT2D eigenvalue weighted by Crippen LogP contribution is -2.39. The van der Waals surface area contributed by atoms with E-state index >= 15 is 0 Å². The van der Waals surface area contributed by atoms with Crippen LogP contribution in [0, 0.1) is 0 Å². The van der Waals surface area contributed by atoms with Crippen LogP contribution in [0.3, 0.4) is 0 Å². The van der Waals surface area contributed by atoms with Gasteiger partial charge in [0.1, 0.15) is 30.3 Å². The quantitative estimate of drug-likeness (QED) is 0.427. The molecule has 0 amide bonds. The van der Waals surface area contributed by atoms with Crippen molar-refractivity contribution in [2.75, 3.05) is 26.8 Å². The third-order valence-electron chi connectivity index (χ3n) is 5.62. The van der Waals surface area contributed by atoms with Crippen LogP contribution in [0.5, 0.6) is 11.5 Å². The van der Waals surface area contributed by atoms with E-state index in [2.05, 4.69) is 10.1 Å². The van der Waals surface area contributed by atoms with Crippen molar-refractivity contribution >= 4 is 17.3 Å². The zero-order chi connectivity index (χ0) is 23.8. The fourth-order valence-electron chi connectivity index (χ4n) is 3.90. The number of nitrogens with zero attached hydrogens (tertiary/aromatic N) is 2. The molecule has 0 saturated carbocycles. The van der Waals surface area contributed by atoms with Crippen molar-refractivity contribution in [1.29, 1.82) is 0 Å². The molecule has 1 aliphatic heterocycles. The van der Waals surface area contributed by atoms with Gasteiger partial charge >= 0.3 is 0 Å². The number of aliphatic hydroxyl groups excluding tert-OH is 1. The lowest BCUT2D eigenvalue weighted by atomic mass is 10.0. The van der Waals surface area contributed by atoms with Crippen LogP contribution in [0.1, 0.15) is 17.5 Å². The van der Waals surface area contributed by atoms with E-state index in [9.17, 15) is 5.11 Å². The Kier molecular flexibility index (Phi) is 8.41. The van der Waals surface area contributed by atoms with Gasteiger partial charge in [0.05, 0.1) is 12.8 Å². The summed E-state index contributed by atoms with van der Waals surface area (Å²) in [5.41, 5.74) is 2.91. The lowest BCUT2D eigenvalue weighted by molar-refractivity contribution is 0.0213. The second kappa shape index (κ2) is 11.9. The number of aliphatic hydroxyl groups is 1. The monoisotopic (exact) mass is 480 g/mol. The van der Waals surface area contributed by atoms with Gasteiger partial charge in [0, 0.05) is 31.1 Å². The summed E-state index contributed by atoms with van der Waals surface area (Å²) in [6.45, 7) is 1.79. The number of halogens is 1. The lowest BCUT2D eigenvalue weighted by Gasteiger charge is -2.27. The summed E-state index contributed by atoms with van der Waals surface area (Å²) in [5.74, 6) is 1.54. The first-order valence-electron chi connectivity index (χ1n) is 11.3. The van der Waals surface area contributed by atoms with E-state index in [0.717, 1.165) is 28.3 Å². The standard InChI is InChI=1S/C27H29ClN2O4/c1-32-23-13-11-20(12-14-23)27-15-25(34-29-27)18-30(16-21-7-5-6-10-26(21)28)17-22(31)19-33-24-8-3-2-4-9-24/h2-14,22,25,31H,15-19H2,1H3/t22-,25-/m0/s1. The van der Waals surface area contributed by atoms with Gasteiger partial charge in [-0.15, -0.1) is 0 Å². The summed E-state index contributed by atoms with van der Waals surface area (Å²) in [6, 6.07) is 25.0. The van der Waals surface area contributed by atoms with Crippen molar-refractivity contribution in [2.45, 2.75) is 25.2 Å². The molecule has 1 heterocycles. The maximum absolute atomic E-state index is 10.7. The summed E-state index contributed by atoms with van der Waals surface area (Å²) < 4.78 is 11.0. The fraction of sp³-hybridized carbons (Fsp3) is 0.296. The van der Waals surface area contributed by atoms with E-state index in [1.165, 1.54) is 0 Å². The van der Waals surface area contributed by atoms with Crippen LogP contribution in [-0.2, 0) is 11.4 Å². The zero-order valence-electron chi connectivity index (χ0n) is 19.1. The molecule has 34 heavy (non-hydrogen) atoms. The maximum Gasteiger partial charge on any atom is 0.145 e. The van der Waals surface area contributed by atoms with Crippen LogP contribution < -0.4 is 9.47 Å². The largest absolute Gasteiger partial charge is 0.497 e. The SMILES string of the molecule is COc1ccc(C2=NO[C@H](CN(Cc3ccccc3Cl)C[C@H](O)COc3ccccc3)C2)cc1. The molecular formula is C27H29ClN2O4. The van der Waals surface area contributed by atoms with Crippen LogP contribution in [0.25, 0.3) is 0 Å². The summed E-state index contributed by atoms with van der Waals surface area (Å²) in [5, 5.41) is 15.7. The minimum atomic E-state index is -0.675. The number of benzene rings is 3. The van der Waals surface area contributed by atoms with E-state index in [4.69, 9.17) is 25.9 Å². The van der Waals surface area contributed by atoms with Crippen molar-refractivity contribution in [2.24, 2.45) is 5.16 Å². The van der Waals surface area contributed by atoms with Gasteiger partial charge < -0.3 is 19.4 Å². The molecule has 0 saturated heterocycles. The maximum atomic E-state index is 10.7. The molecule has 4 rings (SSSR count). The first-order valence-corrected chi connectivity index (χ1v) is 11.7. The van der Waals surface area contributed by atoms with E-state index in [0.29, 0.717) is 31.1 Å². The van der Waals surface area contributed by atoms with Crippen molar-refractivity contribution in [3.05, 3.63) is 95.0 Å². The fourth-order valence-corrected chi connectivity index (χ4v) is 4.09. The predicted octanol–water partition coefficient (Wildman–Crippen LogP) is 4.78. The molecule has 0 fully saturated rings. The molecule has 0 spiro atoms. The first-order chi connectivity index (χ1) is 16.6. The van der Waals surface area contributed by atoms with Gasteiger partial charge in [-0.1, -0.05) is 53.2 Å². The molecule has 3 aromatic rings. The minimum absolute atomic E-state index is 0.123. The van der Waals surface area contributed by atoms with E-state index < -0.39 is 6.10 Å². The second-order valence-corrected chi connectivity index (χ2v) is 8.67. The van der Waals surface area contributed by atoms with Crippen molar-refractivity contribution in [1.82, 2.24) is 4.90 Å². The molecule has 6 nitrogen and oxygen atoms in total. The van der Waals surface area contributed by atoms with Crippen LogP contribution >= 0.6 is 11.6 Å². The molecule has 2 atom stereocenters. The molecule has 3 aromatic carbocycles. The van der Waals surface area contributed by atoms with E-state index in [1.807, 2.05) is 78.9 Å². The average Bonchev–Trinajstić information content (AvgIpc) is 3.33. The van der Waals surface area contributed by atoms with Crippen molar-refractivity contribution in [3.8, 4) is 11.5 Å². The highest BCUT2D eigenvalue weighted by Crippen LogP contribution is 2.22. The van der Waals surface area contributed by atoms with Crippen molar-refractivity contribution in [3.63, 3.8) is 0 Å². The van der Waals surface area contributed by atoms with Gasteiger partial charge in [-0.3, -0.25) is 4.90 Å². The summed E-state index contributed by atoms with van der Waals surface area (Å²) in [7, 11) is 1.65. The molecule has 1 N–H and O–H groups in total. The Morgan fingerprint density at radius 2 is 1.76 bits per heavy atom. The highest BCUT2D eigenvalue weighted by atomic mass is 35.5. The Bertz CT molecular complexity index is 1080. The predicted molar refractivity (Wildman–Crippen MR) is 134 cm³/mol. The number of methoxy groups -OCH3 is 1. The smallest absolute Gasteiger partial charge is 0.145 e. The first kappa shape index (κ1) is 24.1. The molecule has 0 bridgehead atoms. The highest BCUT2D eigenvalue weighted by molar-refractivity contribution is 6.31. The molecule has 0 unspecified atom stereocenters. The summed E-state index contributed by atoms with van der Waals surface area (Å²) >= 11 is 6.41. The normalized spacial score (nSPS) is 16.1. The number of para-hydroxylation sites is 1. The Labute approximate surface area is 205 Å². The zero-order valence-corrected chi connectivity index (χ0v) is 19.9. The molecular weight excluding hydrogens is 452 g/mol. The van der Waals surface area contributed by atoms with Gasteiger partial charge in [0.15, 0.2) is 0 Å². The molecule has 178 valence electrons. The Morgan fingerprint density at radius 3 is 2.50 bits per heavy atom. The number of ether oxygens (including phenoxy) is 2. The summed E-state index contributed by atoms with van der Waals surface area (Å²) in [6.07, 6.45) is -0.116. The van der Waals surface area contributed by atoms with Gasteiger partial charge in [-0.05, 0) is 53.6 Å². The summed E-state index contributed by atoms with van der Waals surface area (Å²) in [4.78, 5) is 7.89. The Morgan fingerprint density at radius 1 is 1.03 bits per heavy atom. The number of hydrogen-bond acceptors (Lipinski definition) is 6. The minimum Gasteiger partial charge on any atom is -0.497 e. The van der Waals surface area contributed by atoms with Gasteiger partial charge in [-0.25, -0.2) is 0 Å². The molecule has 0 aliphatic carbocycles. The van der Waals surface area contributed by atoms with Crippen LogP contribution in [0.2, 0.25) is 5.02 Å². The van der Waals surface area contributed by atoms with E-state index in [-0.39, 0.29) is 12.7 Å². The van der Waals surface area contributed by atoms with Crippen molar-refractivity contribution < 1.29 is 19.4 Å².